The summed E-state index contributed by atoms with van der Waals surface area (Å²) in [5, 5.41) is 1.00. The molecule has 1 aromatic heterocycles. The quantitative estimate of drug-likeness (QED) is 0.711. The summed E-state index contributed by atoms with van der Waals surface area (Å²) in [6, 6.07) is 4.93. The van der Waals surface area contributed by atoms with Crippen LogP contribution in [0.5, 0.6) is 5.75 Å². The Kier molecular flexibility index (Phi) is 2.48. The summed E-state index contributed by atoms with van der Waals surface area (Å²) in [5.41, 5.74) is 0.697. The predicted molar refractivity (Wildman–Crippen MR) is 56.0 cm³/mol. The van der Waals surface area contributed by atoms with Crippen molar-refractivity contribution in [2.24, 2.45) is 0 Å². The molecule has 0 unspecified atom stereocenters. The van der Waals surface area contributed by atoms with Gasteiger partial charge < -0.3 is 9.51 Å². The molecule has 0 radical (unpaired) electrons. The van der Waals surface area contributed by atoms with E-state index in [1.165, 1.54) is 6.20 Å². The number of aromatic amines is 1. The van der Waals surface area contributed by atoms with E-state index in [1.54, 1.807) is 18.2 Å². The number of rotatable bonds is 2. The fourth-order valence-electron chi connectivity index (χ4n) is 1.27. The van der Waals surface area contributed by atoms with Gasteiger partial charge in [-0.05, 0) is 18.2 Å². The molecule has 1 heterocycles. The highest BCUT2D eigenvalue weighted by atomic mass is 35.5. The summed E-state index contributed by atoms with van der Waals surface area (Å²) in [4.78, 5) is 20.1. The van der Waals surface area contributed by atoms with Crippen molar-refractivity contribution in [3.8, 4) is 5.75 Å². The van der Waals surface area contributed by atoms with Gasteiger partial charge in [0, 0.05) is 22.1 Å². The number of hydrogen-bond acceptors (Lipinski definition) is 2. The van der Waals surface area contributed by atoms with Crippen LogP contribution in [0.2, 0.25) is 5.02 Å². The van der Waals surface area contributed by atoms with E-state index in [-0.39, 0.29) is 5.75 Å². The second-order valence-corrected chi connectivity index (χ2v) is 4.52. The van der Waals surface area contributed by atoms with Gasteiger partial charge in [-0.2, -0.15) is 0 Å². The van der Waals surface area contributed by atoms with E-state index in [9.17, 15) is 4.57 Å². The lowest BCUT2D eigenvalue weighted by Gasteiger charge is -2.04. The lowest BCUT2D eigenvalue weighted by Crippen LogP contribution is -1.88. The molecule has 15 heavy (non-hydrogen) atoms. The molecular formula is C8H7ClNO4P. The van der Waals surface area contributed by atoms with Gasteiger partial charge >= 0.3 is 7.82 Å². The zero-order valence-electron chi connectivity index (χ0n) is 7.35. The second-order valence-electron chi connectivity index (χ2n) is 2.92. The van der Waals surface area contributed by atoms with Crippen LogP contribution < -0.4 is 4.52 Å². The van der Waals surface area contributed by atoms with Crippen LogP contribution in [0.4, 0.5) is 0 Å². The molecule has 2 aromatic rings. The fraction of sp³-hybridized carbons (Fsp3) is 0. The topological polar surface area (TPSA) is 82.6 Å². The third-order valence-corrected chi connectivity index (χ3v) is 2.49. The maximum absolute atomic E-state index is 10.7. The van der Waals surface area contributed by atoms with Crippen molar-refractivity contribution in [1.82, 2.24) is 4.98 Å². The maximum atomic E-state index is 10.7. The number of phosphoric acid groups is 1. The minimum Gasteiger partial charge on any atom is -0.402 e. The van der Waals surface area contributed by atoms with Crippen LogP contribution in [0.3, 0.4) is 0 Å². The largest absolute Gasteiger partial charge is 0.524 e. The Labute approximate surface area is 89.9 Å². The summed E-state index contributed by atoms with van der Waals surface area (Å²) < 4.78 is 15.1. The number of hydrogen-bond donors (Lipinski definition) is 3. The van der Waals surface area contributed by atoms with Crippen molar-refractivity contribution in [3.63, 3.8) is 0 Å². The van der Waals surface area contributed by atoms with Crippen molar-refractivity contribution in [3.05, 3.63) is 29.4 Å². The SMILES string of the molecule is O=P(O)(O)Oc1c[nH]c2ccc(Cl)cc12. The summed E-state index contributed by atoms with van der Waals surface area (Å²) >= 11 is 5.76. The predicted octanol–water partition coefficient (Wildman–Crippen LogP) is 2.29. The minimum atomic E-state index is -4.54. The lowest BCUT2D eigenvalue weighted by atomic mass is 10.2. The van der Waals surface area contributed by atoms with Crippen molar-refractivity contribution >= 4 is 30.3 Å². The first-order valence-electron chi connectivity index (χ1n) is 3.97. The summed E-state index contributed by atoms with van der Waals surface area (Å²) in [5.74, 6) is 0.0841. The van der Waals surface area contributed by atoms with E-state index in [0.717, 1.165) is 0 Å². The van der Waals surface area contributed by atoms with E-state index in [4.69, 9.17) is 21.4 Å². The molecule has 0 amide bonds. The Hall–Kier alpha value is -1.00. The number of nitrogens with one attached hydrogen (secondary N) is 1. The molecule has 0 aliphatic rings. The van der Waals surface area contributed by atoms with Crippen LogP contribution in [0.25, 0.3) is 10.9 Å². The van der Waals surface area contributed by atoms with Crippen LogP contribution >= 0.6 is 19.4 Å². The Morgan fingerprint density at radius 1 is 1.40 bits per heavy atom. The Morgan fingerprint density at radius 2 is 2.13 bits per heavy atom. The van der Waals surface area contributed by atoms with Crippen molar-refractivity contribution < 1.29 is 18.9 Å². The smallest absolute Gasteiger partial charge is 0.402 e. The number of H-pyrrole nitrogens is 1. The minimum absolute atomic E-state index is 0.0841. The highest BCUT2D eigenvalue weighted by molar-refractivity contribution is 7.46. The van der Waals surface area contributed by atoms with Crippen molar-refractivity contribution in [2.45, 2.75) is 0 Å². The standard InChI is InChI=1S/C8H7ClNO4P/c9-5-1-2-7-6(3-5)8(4-10-7)14-15(11,12)13/h1-4,10H,(H2,11,12,13). The maximum Gasteiger partial charge on any atom is 0.524 e. The van der Waals surface area contributed by atoms with Crippen LogP contribution in [0.1, 0.15) is 0 Å². The molecule has 5 nitrogen and oxygen atoms in total. The van der Waals surface area contributed by atoms with E-state index in [0.29, 0.717) is 15.9 Å². The third kappa shape index (κ3) is 2.33. The fourth-order valence-corrected chi connectivity index (χ4v) is 1.85. The third-order valence-electron chi connectivity index (χ3n) is 1.82. The highest BCUT2D eigenvalue weighted by Gasteiger charge is 2.18. The normalized spacial score (nSPS) is 11.9. The Bertz CT molecular complexity index is 547. The number of benzene rings is 1. The first-order valence-corrected chi connectivity index (χ1v) is 5.88. The van der Waals surface area contributed by atoms with Crippen molar-refractivity contribution in [1.29, 1.82) is 0 Å². The first-order chi connectivity index (χ1) is 6.96. The van der Waals surface area contributed by atoms with Gasteiger partial charge in [0.1, 0.15) is 0 Å². The summed E-state index contributed by atoms with van der Waals surface area (Å²) in [6.07, 6.45) is 1.38. The van der Waals surface area contributed by atoms with Crippen LogP contribution in [0, 0.1) is 0 Å². The molecule has 0 aliphatic carbocycles. The van der Waals surface area contributed by atoms with Gasteiger partial charge in [-0.15, -0.1) is 0 Å². The van der Waals surface area contributed by atoms with Crippen LogP contribution in [0.15, 0.2) is 24.4 Å². The van der Waals surface area contributed by atoms with E-state index in [2.05, 4.69) is 9.51 Å². The molecule has 80 valence electrons. The average molecular weight is 248 g/mol. The van der Waals surface area contributed by atoms with Gasteiger partial charge in [0.15, 0.2) is 5.75 Å². The Balaban J connectivity index is 2.53. The number of phosphoric ester groups is 1. The molecule has 0 fully saturated rings. The summed E-state index contributed by atoms with van der Waals surface area (Å²) in [6.45, 7) is 0. The Morgan fingerprint density at radius 3 is 2.80 bits per heavy atom. The average Bonchev–Trinajstić information content (AvgIpc) is 2.46. The van der Waals surface area contributed by atoms with Gasteiger partial charge in [-0.3, -0.25) is 9.79 Å². The number of aromatic nitrogens is 1. The number of halogens is 1. The van der Waals surface area contributed by atoms with Crippen molar-refractivity contribution in [2.75, 3.05) is 0 Å². The monoisotopic (exact) mass is 247 g/mol. The molecule has 0 aliphatic heterocycles. The zero-order valence-corrected chi connectivity index (χ0v) is 9.00. The molecular weight excluding hydrogens is 241 g/mol. The molecule has 1 aromatic carbocycles. The van der Waals surface area contributed by atoms with Gasteiger partial charge in [0.05, 0.1) is 0 Å². The van der Waals surface area contributed by atoms with Gasteiger partial charge in [0.2, 0.25) is 0 Å². The molecule has 0 spiro atoms. The molecule has 3 N–H and O–H groups in total. The lowest BCUT2D eigenvalue weighted by molar-refractivity contribution is 0.284. The first kappa shape index (κ1) is 10.5. The molecule has 2 rings (SSSR count). The van der Waals surface area contributed by atoms with E-state index in [1.807, 2.05) is 0 Å². The molecule has 0 saturated heterocycles. The number of fused-ring (bicyclic) bond motifs is 1. The van der Waals surface area contributed by atoms with Crippen LogP contribution in [-0.2, 0) is 4.57 Å². The van der Waals surface area contributed by atoms with E-state index < -0.39 is 7.82 Å². The van der Waals surface area contributed by atoms with Gasteiger partial charge in [-0.1, -0.05) is 11.6 Å². The van der Waals surface area contributed by atoms with Crippen LogP contribution in [-0.4, -0.2) is 14.8 Å². The second kappa shape index (κ2) is 3.54. The van der Waals surface area contributed by atoms with Gasteiger partial charge in [-0.25, -0.2) is 4.57 Å². The highest BCUT2D eigenvalue weighted by Crippen LogP contribution is 2.41. The van der Waals surface area contributed by atoms with Gasteiger partial charge in [0.25, 0.3) is 0 Å². The summed E-state index contributed by atoms with van der Waals surface area (Å²) in [7, 11) is -4.54. The van der Waals surface area contributed by atoms with E-state index >= 15 is 0 Å². The molecule has 0 atom stereocenters. The zero-order chi connectivity index (χ0) is 11.1. The molecule has 0 bridgehead atoms. The molecule has 7 heteroatoms. The molecule has 0 saturated carbocycles.